The molecule has 1 fully saturated rings. The molecule has 1 aliphatic rings. The number of amides is 2. The molecule has 1 heterocycles. The van der Waals surface area contributed by atoms with Gasteiger partial charge >= 0.3 is 0 Å². The van der Waals surface area contributed by atoms with Crippen molar-refractivity contribution in [2.45, 2.75) is 31.7 Å². The van der Waals surface area contributed by atoms with Crippen LogP contribution in [0.3, 0.4) is 0 Å². The van der Waals surface area contributed by atoms with Crippen LogP contribution in [0.5, 0.6) is 0 Å². The van der Waals surface area contributed by atoms with Crippen LogP contribution in [0, 0.1) is 17.2 Å². The lowest BCUT2D eigenvalue weighted by molar-refractivity contribution is -0.126. The van der Waals surface area contributed by atoms with E-state index in [9.17, 15) is 9.59 Å². The van der Waals surface area contributed by atoms with E-state index in [1.807, 2.05) is 36.4 Å². The Kier molecular flexibility index (Phi) is 4.80. The standard InChI is InChI=1S/C18H20N4O2/c19-9-10-20-17(23)13-6-2-4-8-15(13)22-18(24)16-11-12-5-1-3-7-14(12)21-16/h1,3,5,7,11,13,15,21H,2,4,6,8,10H2,(H,20,23)(H,22,24)/t13-,15+/m1/s1. The molecular formula is C18H20N4O2. The topological polar surface area (TPSA) is 97.8 Å². The first-order chi connectivity index (χ1) is 11.7. The molecule has 2 amide bonds. The molecule has 24 heavy (non-hydrogen) atoms. The van der Waals surface area contributed by atoms with Crippen molar-refractivity contribution in [2.75, 3.05) is 6.54 Å². The maximum atomic E-state index is 12.5. The van der Waals surface area contributed by atoms with Crippen molar-refractivity contribution in [3.8, 4) is 6.07 Å². The van der Waals surface area contributed by atoms with E-state index in [0.29, 0.717) is 5.69 Å². The monoisotopic (exact) mass is 324 g/mol. The maximum Gasteiger partial charge on any atom is 0.267 e. The molecule has 6 heteroatoms. The summed E-state index contributed by atoms with van der Waals surface area (Å²) in [5.74, 6) is -0.630. The highest BCUT2D eigenvalue weighted by atomic mass is 16.2. The Balaban J connectivity index is 1.71. The van der Waals surface area contributed by atoms with Gasteiger partial charge in [-0.05, 0) is 25.0 Å². The molecule has 3 rings (SSSR count). The summed E-state index contributed by atoms with van der Waals surface area (Å²) in [7, 11) is 0. The van der Waals surface area contributed by atoms with Crippen molar-refractivity contribution in [3.63, 3.8) is 0 Å². The summed E-state index contributed by atoms with van der Waals surface area (Å²) in [4.78, 5) is 27.9. The number of fused-ring (bicyclic) bond motifs is 1. The number of H-pyrrole nitrogens is 1. The van der Waals surface area contributed by atoms with Gasteiger partial charge in [-0.25, -0.2) is 0 Å². The van der Waals surface area contributed by atoms with Crippen LogP contribution in [0.2, 0.25) is 0 Å². The summed E-state index contributed by atoms with van der Waals surface area (Å²) in [6.07, 6.45) is 3.45. The molecule has 124 valence electrons. The number of rotatable bonds is 4. The predicted octanol–water partition coefficient (Wildman–Crippen LogP) is 2.10. The largest absolute Gasteiger partial charge is 0.351 e. The van der Waals surface area contributed by atoms with E-state index < -0.39 is 0 Å². The zero-order valence-corrected chi connectivity index (χ0v) is 13.3. The second-order valence-corrected chi connectivity index (χ2v) is 6.12. The van der Waals surface area contributed by atoms with Crippen molar-refractivity contribution in [1.29, 1.82) is 5.26 Å². The molecule has 1 aromatic heterocycles. The van der Waals surface area contributed by atoms with Gasteiger partial charge in [0.25, 0.3) is 5.91 Å². The van der Waals surface area contributed by atoms with Crippen molar-refractivity contribution in [1.82, 2.24) is 15.6 Å². The van der Waals surface area contributed by atoms with E-state index in [-0.39, 0.29) is 30.3 Å². The molecule has 0 aliphatic heterocycles. The molecule has 1 aromatic carbocycles. The van der Waals surface area contributed by atoms with Crippen molar-refractivity contribution < 1.29 is 9.59 Å². The Morgan fingerprint density at radius 3 is 2.83 bits per heavy atom. The SMILES string of the molecule is N#CCNC(=O)[C@@H]1CCCC[C@@H]1NC(=O)c1cc2ccccc2[nH]1. The number of nitrogens with one attached hydrogen (secondary N) is 3. The van der Waals surface area contributed by atoms with E-state index in [1.165, 1.54) is 0 Å². The van der Waals surface area contributed by atoms with Gasteiger partial charge in [-0.2, -0.15) is 5.26 Å². The number of aromatic amines is 1. The van der Waals surface area contributed by atoms with Gasteiger partial charge < -0.3 is 15.6 Å². The fourth-order valence-corrected chi connectivity index (χ4v) is 3.32. The predicted molar refractivity (Wildman–Crippen MR) is 90.1 cm³/mol. The second-order valence-electron chi connectivity index (χ2n) is 6.12. The van der Waals surface area contributed by atoms with Crippen LogP contribution in [0.15, 0.2) is 30.3 Å². The fraction of sp³-hybridized carbons (Fsp3) is 0.389. The summed E-state index contributed by atoms with van der Waals surface area (Å²) < 4.78 is 0. The highest BCUT2D eigenvalue weighted by molar-refractivity contribution is 5.98. The highest BCUT2D eigenvalue weighted by Crippen LogP contribution is 2.25. The van der Waals surface area contributed by atoms with Crippen LogP contribution in [-0.4, -0.2) is 29.4 Å². The summed E-state index contributed by atoms with van der Waals surface area (Å²) in [5.41, 5.74) is 1.41. The van der Waals surface area contributed by atoms with E-state index in [4.69, 9.17) is 5.26 Å². The zero-order valence-electron chi connectivity index (χ0n) is 13.3. The van der Waals surface area contributed by atoms with E-state index in [2.05, 4.69) is 15.6 Å². The molecule has 6 nitrogen and oxygen atoms in total. The molecule has 1 aliphatic carbocycles. The molecule has 0 saturated heterocycles. The first-order valence-electron chi connectivity index (χ1n) is 8.22. The Bertz CT molecular complexity index is 757. The van der Waals surface area contributed by atoms with Crippen molar-refractivity contribution >= 4 is 22.7 Å². The summed E-state index contributed by atoms with van der Waals surface area (Å²) >= 11 is 0. The van der Waals surface area contributed by atoms with E-state index >= 15 is 0 Å². The van der Waals surface area contributed by atoms with Crippen molar-refractivity contribution in [3.05, 3.63) is 36.0 Å². The van der Waals surface area contributed by atoms with Crippen LogP contribution < -0.4 is 10.6 Å². The number of hydrogen-bond donors (Lipinski definition) is 3. The molecule has 1 saturated carbocycles. The first kappa shape index (κ1) is 16.1. The minimum atomic E-state index is -0.277. The lowest BCUT2D eigenvalue weighted by atomic mass is 9.83. The van der Waals surface area contributed by atoms with Crippen LogP contribution in [0.4, 0.5) is 0 Å². The molecular weight excluding hydrogens is 304 g/mol. The molecule has 2 aromatic rings. The Labute approximate surface area is 140 Å². The van der Waals surface area contributed by atoms with Crippen LogP contribution in [-0.2, 0) is 4.79 Å². The Hall–Kier alpha value is -2.81. The minimum Gasteiger partial charge on any atom is -0.351 e. The second kappa shape index (κ2) is 7.18. The quantitative estimate of drug-likeness (QED) is 0.751. The van der Waals surface area contributed by atoms with Gasteiger partial charge in [-0.1, -0.05) is 31.0 Å². The van der Waals surface area contributed by atoms with Crippen LogP contribution >= 0.6 is 0 Å². The lowest BCUT2D eigenvalue weighted by Gasteiger charge is -2.30. The molecule has 0 spiro atoms. The van der Waals surface area contributed by atoms with Crippen LogP contribution in [0.25, 0.3) is 10.9 Å². The fourth-order valence-electron chi connectivity index (χ4n) is 3.32. The van der Waals surface area contributed by atoms with Crippen molar-refractivity contribution in [2.24, 2.45) is 5.92 Å². The Morgan fingerprint density at radius 2 is 2.04 bits per heavy atom. The number of nitriles is 1. The third-order valence-corrected chi connectivity index (χ3v) is 4.54. The summed E-state index contributed by atoms with van der Waals surface area (Å²) in [6, 6.07) is 11.2. The number of hydrogen-bond acceptors (Lipinski definition) is 3. The van der Waals surface area contributed by atoms with Gasteiger partial charge in [0, 0.05) is 16.9 Å². The number of para-hydroxylation sites is 1. The van der Waals surface area contributed by atoms with Gasteiger partial charge in [-0.3, -0.25) is 9.59 Å². The molecule has 2 atom stereocenters. The first-order valence-corrected chi connectivity index (χ1v) is 8.22. The zero-order chi connectivity index (χ0) is 16.9. The maximum absolute atomic E-state index is 12.5. The number of carbonyl (C=O) groups excluding carboxylic acids is 2. The third-order valence-electron chi connectivity index (χ3n) is 4.54. The molecule has 0 bridgehead atoms. The average molecular weight is 324 g/mol. The normalized spacial score (nSPS) is 20.3. The number of benzene rings is 1. The van der Waals surface area contributed by atoms with Gasteiger partial charge in [0.05, 0.1) is 12.0 Å². The van der Waals surface area contributed by atoms with Crippen LogP contribution in [0.1, 0.15) is 36.2 Å². The van der Waals surface area contributed by atoms with E-state index in [0.717, 1.165) is 36.6 Å². The smallest absolute Gasteiger partial charge is 0.267 e. The summed E-state index contributed by atoms with van der Waals surface area (Å²) in [5, 5.41) is 15.2. The van der Waals surface area contributed by atoms with Gasteiger partial charge in [0.15, 0.2) is 0 Å². The van der Waals surface area contributed by atoms with Gasteiger partial charge in [-0.15, -0.1) is 0 Å². The lowest BCUT2D eigenvalue weighted by Crippen LogP contribution is -2.48. The Morgan fingerprint density at radius 1 is 1.25 bits per heavy atom. The molecule has 0 radical (unpaired) electrons. The third kappa shape index (κ3) is 3.40. The molecule has 3 N–H and O–H groups in total. The minimum absolute atomic E-state index is 0.00197. The number of nitrogens with zero attached hydrogens (tertiary/aromatic N) is 1. The van der Waals surface area contributed by atoms with E-state index in [1.54, 1.807) is 0 Å². The summed E-state index contributed by atoms with van der Waals surface area (Å²) in [6.45, 7) is -0.00197. The van der Waals surface area contributed by atoms with Gasteiger partial charge in [0.2, 0.25) is 5.91 Å². The highest BCUT2D eigenvalue weighted by Gasteiger charge is 2.32. The average Bonchev–Trinajstić information content (AvgIpc) is 3.04. The van der Waals surface area contributed by atoms with Gasteiger partial charge in [0.1, 0.15) is 12.2 Å². The number of carbonyl (C=O) groups is 2. The number of aromatic nitrogens is 1. The molecule has 0 unspecified atom stereocenters.